The quantitative estimate of drug-likeness (QED) is 0.666. The Morgan fingerprint density at radius 1 is 1.05 bits per heavy atom. The van der Waals surface area contributed by atoms with E-state index in [1.165, 1.54) is 31.2 Å². The van der Waals surface area contributed by atoms with Crippen molar-refractivity contribution in [2.24, 2.45) is 0 Å². The highest BCUT2D eigenvalue weighted by molar-refractivity contribution is 5.83. The third-order valence-corrected chi connectivity index (χ3v) is 2.35. The number of rotatable bonds is 5. The van der Waals surface area contributed by atoms with E-state index in [0.29, 0.717) is 5.56 Å². The number of hydrazine groups is 1. The maximum Gasteiger partial charge on any atom is 0.242 e. The minimum atomic E-state index is -0.413. The van der Waals surface area contributed by atoms with Crippen LogP contribution in [0.15, 0.2) is 24.3 Å². The summed E-state index contributed by atoms with van der Waals surface area (Å²) >= 11 is 0. The predicted octanol–water partition coefficient (Wildman–Crippen LogP) is 0.0418. The summed E-state index contributed by atoms with van der Waals surface area (Å²) in [7, 11) is 0. The lowest BCUT2D eigenvalue weighted by Gasteiger charge is -2.07. The number of nitrogens with one attached hydrogen (secondary N) is 3. The largest absolute Gasteiger partial charge is 0.356 e. The van der Waals surface area contributed by atoms with E-state index in [1.54, 1.807) is 0 Å². The molecule has 0 aliphatic rings. The molecule has 0 saturated carbocycles. The van der Waals surface area contributed by atoms with Gasteiger partial charge in [-0.2, -0.15) is 0 Å². The van der Waals surface area contributed by atoms with Crippen LogP contribution in [0.3, 0.4) is 0 Å². The molecule has 0 saturated heterocycles. The van der Waals surface area contributed by atoms with E-state index < -0.39 is 11.8 Å². The van der Waals surface area contributed by atoms with Crippen molar-refractivity contribution in [3.05, 3.63) is 35.6 Å². The number of halogens is 1. The molecule has 3 amide bonds. The molecule has 0 spiro atoms. The fourth-order valence-electron chi connectivity index (χ4n) is 1.39. The molecule has 0 aliphatic carbocycles. The Hall–Kier alpha value is -2.44. The summed E-state index contributed by atoms with van der Waals surface area (Å²) in [5.74, 6) is -1.42. The zero-order valence-electron chi connectivity index (χ0n) is 11.0. The topological polar surface area (TPSA) is 87.3 Å². The minimum absolute atomic E-state index is 0.0340. The van der Waals surface area contributed by atoms with Gasteiger partial charge in [-0.05, 0) is 17.7 Å². The van der Waals surface area contributed by atoms with Crippen LogP contribution in [0.25, 0.3) is 0 Å². The summed E-state index contributed by atoms with van der Waals surface area (Å²) in [6, 6.07) is 5.50. The van der Waals surface area contributed by atoms with Crippen LogP contribution < -0.4 is 16.2 Å². The van der Waals surface area contributed by atoms with Gasteiger partial charge in [0.25, 0.3) is 0 Å². The number of benzene rings is 1. The van der Waals surface area contributed by atoms with Crippen molar-refractivity contribution >= 4 is 17.7 Å². The number of amides is 3. The van der Waals surface area contributed by atoms with Crippen LogP contribution in [-0.4, -0.2) is 24.3 Å². The average molecular weight is 281 g/mol. The number of carbonyl (C=O) groups is 3. The Balaban J connectivity index is 2.24. The smallest absolute Gasteiger partial charge is 0.242 e. The summed E-state index contributed by atoms with van der Waals surface area (Å²) in [5, 5.41) is 2.46. The molecule has 0 radical (unpaired) electrons. The molecule has 0 bridgehead atoms. The normalized spacial score (nSPS) is 9.70. The van der Waals surface area contributed by atoms with Crippen molar-refractivity contribution in [1.82, 2.24) is 16.2 Å². The van der Waals surface area contributed by atoms with Crippen LogP contribution in [0.5, 0.6) is 0 Å². The lowest BCUT2D eigenvalue weighted by atomic mass is 10.1. The first-order chi connectivity index (χ1) is 9.47. The first-order valence-corrected chi connectivity index (χ1v) is 6.04. The average Bonchev–Trinajstić information content (AvgIpc) is 2.39. The van der Waals surface area contributed by atoms with Gasteiger partial charge in [-0.1, -0.05) is 12.1 Å². The summed E-state index contributed by atoms with van der Waals surface area (Å²) in [5.41, 5.74) is 5.10. The van der Waals surface area contributed by atoms with Crippen LogP contribution in [0.4, 0.5) is 4.39 Å². The van der Waals surface area contributed by atoms with Crippen molar-refractivity contribution < 1.29 is 18.8 Å². The van der Waals surface area contributed by atoms with Gasteiger partial charge in [0.05, 0.1) is 6.42 Å². The van der Waals surface area contributed by atoms with Crippen LogP contribution in [-0.2, 0) is 20.8 Å². The SMILES string of the molecule is CC(=O)NCCC(=O)NNC(=O)Cc1ccc(F)cc1. The van der Waals surface area contributed by atoms with Crippen molar-refractivity contribution in [2.45, 2.75) is 19.8 Å². The Morgan fingerprint density at radius 3 is 2.25 bits per heavy atom. The summed E-state index contributed by atoms with van der Waals surface area (Å²) < 4.78 is 12.7. The van der Waals surface area contributed by atoms with Gasteiger partial charge >= 0.3 is 0 Å². The fraction of sp³-hybridized carbons (Fsp3) is 0.308. The second-order valence-corrected chi connectivity index (χ2v) is 4.13. The second kappa shape index (κ2) is 7.88. The number of hydrogen-bond donors (Lipinski definition) is 3. The minimum Gasteiger partial charge on any atom is -0.356 e. The van der Waals surface area contributed by atoms with Gasteiger partial charge in [0.1, 0.15) is 5.82 Å². The van der Waals surface area contributed by atoms with E-state index in [4.69, 9.17) is 0 Å². The van der Waals surface area contributed by atoms with Crippen molar-refractivity contribution in [1.29, 1.82) is 0 Å². The van der Waals surface area contributed by atoms with Gasteiger partial charge in [0.2, 0.25) is 17.7 Å². The van der Waals surface area contributed by atoms with Crippen molar-refractivity contribution in [3.8, 4) is 0 Å². The Bertz CT molecular complexity index is 488. The molecule has 1 aromatic rings. The highest BCUT2D eigenvalue weighted by Gasteiger charge is 2.06. The molecule has 108 valence electrons. The van der Waals surface area contributed by atoms with Gasteiger partial charge in [0.15, 0.2) is 0 Å². The molecule has 20 heavy (non-hydrogen) atoms. The monoisotopic (exact) mass is 281 g/mol. The second-order valence-electron chi connectivity index (χ2n) is 4.13. The van der Waals surface area contributed by atoms with E-state index in [1.807, 2.05) is 0 Å². The van der Waals surface area contributed by atoms with Crippen LogP contribution in [0, 0.1) is 5.82 Å². The van der Waals surface area contributed by atoms with Crippen LogP contribution in [0.2, 0.25) is 0 Å². The van der Waals surface area contributed by atoms with Gasteiger partial charge in [0, 0.05) is 19.9 Å². The lowest BCUT2D eigenvalue weighted by Crippen LogP contribution is -2.43. The number of hydrogen-bond acceptors (Lipinski definition) is 3. The molecule has 0 heterocycles. The van der Waals surface area contributed by atoms with Crippen LogP contribution >= 0.6 is 0 Å². The van der Waals surface area contributed by atoms with E-state index in [2.05, 4.69) is 16.2 Å². The lowest BCUT2D eigenvalue weighted by molar-refractivity contribution is -0.128. The Morgan fingerprint density at radius 2 is 1.65 bits per heavy atom. The third kappa shape index (κ3) is 6.48. The molecule has 0 fully saturated rings. The molecule has 1 aromatic carbocycles. The fourth-order valence-corrected chi connectivity index (χ4v) is 1.39. The van der Waals surface area contributed by atoms with E-state index in [9.17, 15) is 18.8 Å². The predicted molar refractivity (Wildman–Crippen MR) is 69.7 cm³/mol. The third-order valence-electron chi connectivity index (χ3n) is 2.35. The molecule has 3 N–H and O–H groups in total. The highest BCUT2D eigenvalue weighted by atomic mass is 19.1. The van der Waals surface area contributed by atoms with E-state index >= 15 is 0 Å². The Kier molecular flexibility index (Phi) is 6.15. The summed E-state index contributed by atoms with van der Waals surface area (Å²) in [6.07, 6.45) is 0.0999. The van der Waals surface area contributed by atoms with Gasteiger partial charge in [-0.15, -0.1) is 0 Å². The summed E-state index contributed by atoms with van der Waals surface area (Å²) in [4.78, 5) is 33.4. The molecule has 7 heteroatoms. The van der Waals surface area contributed by atoms with E-state index in [0.717, 1.165) is 0 Å². The van der Waals surface area contributed by atoms with Gasteiger partial charge in [-0.25, -0.2) is 4.39 Å². The summed E-state index contributed by atoms with van der Waals surface area (Å²) in [6.45, 7) is 1.55. The first-order valence-electron chi connectivity index (χ1n) is 6.04. The molecule has 0 aromatic heterocycles. The number of carbonyl (C=O) groups excluding carboxylic acids is 3. The molecular formula is C13H16FN3O3. The van der Waals surface area contributed by atoms with Crippen molar-refractivity contribution in [3.63, 3.8) is 0 Å². The molecule has 0 atom stereocenters. The van der Waals surface area contributed by atoms with Crippen molar-refractivity contribution in [2.75, 3.05) is 6.54 Å². The molecule has 6 nitrogen and oxygen atoms in total. The Labute approximate surface area is 115 Å². The molecule has 1 rings (SSSR count). The molecular weight excluding hydrogens is 265 g/mol. The van der Waals surface area contributed by atoms with Gasteiger partial charge in [-0.3, -0.25) is 25.2 Å². The van der Waals surface area contributed by atoms with Gasteiger partial charge < -0.3 is 5.32 Å². The highest BCUT2D eigenvalue weighted by Crippen LogP contribution is 2.02. The zero-order chi connectivity index (χ0) is 15.0. The first kappa shape index (κ1) is 15.6. The van der Waals surface area contributed by atoms with Crippen LogP contribution in [0.1, 0.15) is 18.9 Å². The van der Waals surface area contributed by atoms with E-state index in [-0.39, 0.29) is 31.1 Å². The standard InChI is InChI=1S/C13H16FN3O3/c1-9(18)15-7-6-12(19)16-17-13(20)8-10-2-4-11(14)5-3-10/h2-5H,6-8H2,1H3,(H,15,18)(H,16,19)(H,17,20). The maximum absolute atomic E-state index is 12.7. The maximum atomic E-state index is 12.7. The molecule has 0 aliphatic heterocycles. The molecule has 0 unspecified atom stereocenters. The zero-order valence-corrected chi connectivity index (χ0v) is 11.0.